The number of benzene rings is 8. The molecule has 0 N–H and O–H groups in total. The maximum atomic E-state index is 2.48. The van der Waals surface area contributed by atoms with Crippen LogP contribution < -0.4 is 0 Å². The lowest BCUT2D eigenvalue weighted by molar-refractivity contribution is 0.590. The van der Waals surface area contributed by atoms with Crippen LogP contribution in [0.1, 0.15) is 51.3 Å². The standard InChI is InChI=1S/C51H39N/c1-50(2,3)36-19-16-30(17-20-36)31-14-15-32-26-40-41-27-33-18-21-37(25-35(33)29-43(41)42(40)28-34(32)24-31)52-46-13-9-7-11-39(46)49-47(52)23-22-45-48(49)38-10-6-8-12-44(38)51(45,4)5/h6-29H,1-5H3. The second kappa shape index (κ2) is 10.1. The van der Waals surface area contributed by atoms with Crippen LogP contribution in [0.25, 0.3) is 93.5 Å². The summed E-state index contributed by atoms with van der Waals surface area (Å²) in [5, 5.41) is 7.79. The third kappa shape index (κ3) is 4.00. The summed E-state index contributed by atoms with van der Waals surface area (Å²) >= 11 is 0. The summed E-state index contributed by atoms with van der Waals surface area (Å²) in [4.78, 5) is 0. The van der Waals surface area contributed by atoms with E-state index in [0.717, 1.165) is 0 Å². The van der Waals surface area contributed by atoms with Crippen molar-refractivity contribution in [1.29, 1.82) is 0 Å². The molecule has 1 heteroatoms. The molecule has 0 amide bonds. The first-order valence-corrected chi connectivity index (χ1v) is 18.6. The monoisotopic (exact) mass is 665 g/mol. The molecule has 0 fully saturated rings. The molecule has 11 rings (SSSR count). The Kier molecular flexibility index (Phi) is 5.79. The Morgan fingerprint density at radius 1 is 0.462 bits per heavy atom. The van der Waals surface area contributed by atoms with Gasteiger partial charge in [0.2, 0.25) is 0 Å². The van der Waals surface area contributed by atoms with Gasteiger partial charge in [-0.2, -0.15) is 0 Å². The molecule has 0 spiro atoms. The molecular formula is C51H39N. The highest BCUT2D eigenvalue weighted by Crippen LogP contribution is 2.54. The van der Waals surface area contributed by atoms with Crippen molar-refractivity contribution in [3.8, 4) is 50.2 Å². The zero-order chi connectivity index (χ0) is 35.1. The Morgan fingerprint density at radius 2 is 1.08 bits per heavy atom. The lowest BCUT2D eigenvalue weighted by atomic mass is 9.77. The molecule has 52 heavy (non-hydrogen) atoms. The van der Waals surface area contributed by atoms with Crippen LogP contribution in [-0.4, -0.2) is 4.57 Å². The van der Waals surface area contributed by atoms with Gasteiger partial charge in [-0.05, 0) is 143 Å². The first-order valence-electron chi connectivity index (χ1n) is 18.6. The maximum absolute atomic E-state index is 2.48. The minimum Gasteiger partial charge on any atom is -0.309 e. The summed E-state index contributed by atoms with van der Waals surface area (Å²) in [7, 11) is 0. The molecule has 0 radical (unpaired) electrons. The fourth-order valence-electron chi connectivity index (χ4n) is 9.42. The molecule has 0 saturated carbocycles. The van der Waals surface area contributed by atoms with Gasteiger partial charge in [-0.1, -0.05) is 126 Å². The molecule has 2 aliphatic rings. The Labute approximate surface area is 304 Å². The van der Waals surface area contributed by atoms with E-state index < -0.39 is 0 Å². The predicted molar refractivity (Wildman–Crippen MR) is 222 cm³/mol. The Bertz CT molecular complexity index is 3000. The molecule has 0 unspecified atom stereocenters. The highest BCUT2D eigenvalue weighted by molar-refractivity contribution is 6.18. The fourth-order valence-corrected chi connectivity index (χ4v) is 9.42. The smallest absolute Gasteiger partial charge is 0.0547 e. The largest absolute Gasteiger partial charge is 0.309 e. The normalized spacial score (nSPS) is 14.0. The Morgan fingerprint density at radius 3 is 1.81 bits per heavy atom. The SMILES string of the molecule is CC(C)(C)c1ccc(-c2ccc3cc4c(cc3c2)-c2cc3cc(-n5c6ccccc6c6c7c(ccc65)C(C)(C)c5ccccc5-7)ccc3cc2-4)cc1. The van der Waals surface area contributed by atoms with Gasteiger partial charge < -0.3 is 4.57 Å². The Balaban J connectivity index is 1.04. The molecular weight excluding hydrogens is 627 g/mol. The first-order chi connectivity index (χ1) is 25.1. The Hall–Kier alpha value is -5.92. The van der Waals surface area contributed by atoms with E-state index >= 15 is 0 Å². The molecule has 9 aromatic rings. The number of nitrogens with zero attached hydrogens (tertiary/aromatic N) is 1. The van der Waals surface area contributed by atoms with Crippen molar-refractivity contribution in [1.82, 2.24) is 4.57 Å². The molecule has 248 valence electrons. The number of aromatic nitrogens is 1. The molecule has 8 aromatic carbocycles. The lowest BCUT2D eigenvalue weighted by Crippen LogP contribution is -2.14. The van der Waals surface area contributed by atoms with Crippen molar-refractivity contribution in [2.24, 2.45) is 0 Å². The third-order valence-corrected chi connectivity index (χ3v) is 12.2. The van der Waals surface area contributed by atoms with Crippen LogP contribution in [0.2, 0.25) is 0 Å². The van der Waals surface area contributed by atoms with Gasteiger partial charge in [0.25, 0.3) is 0 Å². The van der Waals surface area contributed by atoms with Crippen molar-refractivity contribution in [2.75, 3.05) is 0 Å². The third-order valence-electron chi connectivity index (χ3n) is 12.2. The van der Waals surface area contributed by atoms with Crippen molar-refractivity contribution in [2.45, 2.75) is 45.4 Å². The number of hydrogen-bond acceptors (Lipinski definition) is 0. The number of rotatable bonds is 2. The zero-order valence-corrected chi connectivity index (χ0v) is 30.3. The average Bonchev–Trinajstić information content (AvgIpc) is 3.61. The van der Waals surface area contributed by atoms with E-state index in [1.807, 2.05) is 0 Å². The molecule has 1 nitrogen and oxygen atoms in total. The van der Waals surface area contributed by atoms with Gasteiger partial charge in [0.15, 0.2) is 0 Å². The van der Waals surface area contributed by atoms with E-state index in [9.17, 15) is 0 Å². The number of hydrogen-bond donors (Lipinski definition) is 0. The highest BCUT2D eigenvalue weighted by atomic mass is 15.0. The van der Waals surface area contributed by atoms with E-state index in [2.05, 4.69) is 185 Å². The van der Waals surface area contributed by atoms with Gasteiger partial charge in [0.05, 0.1) is 11.0 Å². The van der Waals surface area contributed by atoms with Gasteiger partial charge in [-0.3, -0.25) is 0 Å². The van der Waals surface area contributed by atoms with Gasteiger partial charge >= 0.3 is 0 Å². The summed E-state index contributed by atoms with van der Waals surface area (Å²) < 4.78 is 2.48. The molecule has 2 aliphatic carbocycles. The van der Waals surface area contributed by atoms with E-state index in [1.165, 1.54) is 110 Å². The number of para-hydroxylation sites is 1. The van der Waals surface area contributed by atoms with Crippen LogP contribution in [0, 0.1) is 0 Å². The van der Waals surface area contributed by atoms with Crippen molar-refractivity contribution < 1.29 is 0 Å². The minimum atomic E-state index is -0.0327. The molecule has 1 aromatic heterocycles. The maximum Gasteiger partial charge on any atom is 0.0547 e. The lowest BCUT2D eigenvalue weighted by Gasteiger charge is -2.26. The topological polar surface area (TPSA) is 4.93 Å². The van der Waals surface area contributed by atoms with Crippen LogP contribution in [0.3, 0.4) is 0 Å². The molecule has 0 aliphatic heterocycles. The van der Waals surface area contributed by atoms with Crippen molar-refractivity contribution in [3.05, 3.63) is 162 Å². The highest BCUT2D eigenvalue weighted by Gasteiger charge is 2.37. The second-order valence-electron chi connectivity index (χ2n) is 16.6. The van der Waals surface area contributed by atoms with E-state index in [4.69, 9.17) is 0 Å². The molecule has 0 bridgehead atoms. The summed E-state index contributed by atoms with van der Waals surface area (Å²) in [5.41, 5.74) is 18.7. The van der Waals surface area contributed by atoms with Crippen LogP contribution >= 0.6 is 0 Å². The van der Waals surface area contributed by atoms with E-state index in [0.29, 0.717) is 0 Å². The summed E-state index contributed by atoms with van der Waals surface area (Å²) in [6, 6.07) is 55.3. The quantitative estimate of drug-likeness (QED) is 0.173. The summed E-state index contributed by atoms with van der Waals surface area (Å²) in [6.45, 7) is 11.5. The second-order valence-corrected chi connectivity index (χ2v) is 16.6. The van der Waals surface area contributed by atoms with Crippen LogP contribution in [-0.2, 0) is 10.8 Å². The fraction of sp³-hybridized carbons (Fsp3) is 0.137. The molecule has 0 atom stereocenters. The molecule has 0 saturated heterocycles. The van der Waals surface area contributed by atoms with Gasteiger partial charge in [-0.15, -0.1) is 0 Å². The van der Waals surface area contributed by atoms with E-state index in [1.54, 1.807) is 0 Å². The van der Waals surface area contributed by atoms with Gasteiger partial charge in [-0.25, -0.2) is 0 Å². The first kappa shape index (κ1) is 29.8. The van der Waals surface area contributed by atoms with Crippen LogP contribution in [0.15, 0.2) is 146 Å². The van der Waals surface area contributed by atoms with Crippen molar-refractivity contribution in [3.63, 3.8) is 0 Å². The zero-order valence-electron chi connectivity index (χ0n) is 30.3. The van der Waals surface area contributed by atoms with Crippen molar-refractivity contribution >= 4 is 43.4 Å². The van der Waals surface area contributed by atoms with E-state index in [-0.39, 0.29) is 10.8 Å². The predicted octanol–water partition coefficient (Wildman–Crippen LogP) is 14.0. The van der Waals surface area contributed by atoms with Gasteiger partial charge in [0.1, 0.15) is 0 Å². The minimum absolute atomic E-state index is 0.0327. The average molecular weight is 666 g/mol. The summed E-state index contributed by atoms with van der Waals surface area (Å²) in [6.07, 6.45) is 0. The van der Waals surface area contributed by atoms with Crippen LogP contribution in [0.4, 0.5) is 0 Å². The van der Waals surface area contributed by atoms with Gasteiger partial charge in [0, 0.05) is 21.9 Å². The molecule has 1 heterocycles. The van der Waals surface area contributed by atoms with Crippen LogP contribution in [0.5, 0.6) is 0 Å². The summed E-state index contributed by atoms with van der Waals surface area (Å²) in [5.74, 6) is 0. The number of fused-ring (bicyclic) bond motifs is 13.